The molecule has 0 aliphatic carbocycles. The molecule has 1 saturated heterocycles. The molecule has 0 spiro atoms. The average Bonchev–Trinajstić information content (AvgIpc) is 3.18. The summed E-state index contributed by atoms with van der Waals surface area (Å²) in [5.41, 5.74) is 3.34. The van der Waals surface area contributed by atoms with Gasteiger partial charge in [-0.1, -0.05) is 78.4 Å². The third-order valence-electron chi connectivity index (χ3n) is 4.98. The van der Waals surface area contributed by atoms with E-state index in [-0.39, 0.29) is 0 Å². The van der Waals surface area contributed by atoms with E-state index in [1.807, 2.05) is 12.1 Å². The van der Waals surface area contributed by atoms with E-state index in [1.165, 1.54) is 42.8 Å². The first-order valence-corrected chi connectivity index (χ1v) is 10.7. The van der Waals surface area contributed by atoms with E-state index >= 15 is 0 Å². The highest BCUT2D eigenvalue weighted by Gasteiger charge is 2.16. The van der Waals surface area contributed by atoms with Gasteiger partial charge in [-0.2, -0.15) is 0 Å². The largest absolute Gasteiger partial charge is 0.470 e. The number of ether oxygens (including phenoxy) is 1. The molecule has 1 aliphatic rings. The first-order chi connectivity index (χ1) is 13.4. The van der Waals surface area contributed by atoms with Crippen molar-refractivity contribution in [2.45, 2.75) is 25.7 Å². The lowest BCUT2D eigenvalue weighted by Gasteiger charge is -2.26. The summed E-state index contributed by atoms with van der Waals surface area (Å²) in [5, 5.41) is 0.770. The molecule has 0 unspecified atom stereocenters. The number of likely N-dealkylation sites (tertiary alicyclic amines) is 1. The standard InChI is InChI=1S/C23H26N2OS/c1-4-11-19(12-5-1)21-22(20-13-6-2-7-14-20)27-23(24-21)26-18-10-17-25-15-8-3-9-16-25/h1-2,4-7,11-14H,3,8-10,15-18H2. The van der Waals surface area contributed by atoms with Crippen LogP contribution in [0, 0.1) is 0 Å². The fourth-order valence-electron chi connectivity index (χ4n) is 3.57. The zero-order valence-corrected chi connectivity index (χ0v) is 16.5. The second-order valence-corrected chi connectivity index (χ2v) is 7.96. The summed E-state index contributed by atoms with van der Waals surface area (Å²) >= 11 is 1.65. The molecule has 4 heteroatoms. The molecule has 0 atom stereocenters. The minimum atomic E-state index is 0.729. The maximum atomic E-state index is 6.04. The Bertz CT molecular complexity index is 769. The second-order valence-electron chi connectivity index (χ2n) is 6.99. The summed E-state index contributed by atoms with van der Waals surface area (Å²) in [6, 6.07) is 20.8. The van der Waals surface area contributed by atoms with Gasteiger partial charge in [0, 0.05) is 12.1 Å². The first-order valence-electron chi connectivity index (χ1n) is 9.87. The Morgan fingerprint density at radius 3 is 2.22 bits per heavy atom. The maximum Gasteiger partial charge on any atom is 0.274 e. The Balaban J connectivity index is 1.46. The van der Waals surface area contributed by atoms with E-state index in [9.17, 15) is 0 Å². The quantitative estimate of drug-likeness (QED) is 0.491. The van der Waals surface area contributed by atoms with Crippen molar-refractivity contribution in [3.63, 3.8) is 0 Å². The number of hydrogen-bond donors (Lipinski definition) is 0. The van der Waals surface area contributed by atoms with Gasteiger partial charge in [0.1, 0.15) is 0 Å². The van der Waals surface area contributed by atoms with Gasteiger partial charge in [0.15, 0.2) is 0 Å². The van der Waals surface area contributed by atoms with Crippen LogP contribution >= 0.6 is 11.3 Å². The van der Waals surface area contributed by atoms with Crippen LogP contribution in [0.5, 0.6) is 5.19 Å². The number of piperidine rings is 1. The molecular weight excluding hydrogens is 352 g/mol. The van der Waals surface area contributed by atoms with Crippen LogP contribution in [0.4, 0.5) is 0 Å². The third kappa shape index (κ3) is 4.76. The summed E-state index contributed by atoms with van der Waals surface area (Å²) in [6.45, 7) is 4.34. The smallest absolute Gasteiger partial charge is 0.274 e. The van der Waals surface area contributed by atoms with Crippen molar-refractivity contribution in [2.24, 2.45) is 0 Å². The Kier molecular flexibility index (Phi) is 6.17. The van der Waals surface area contributed by atoms with Gasteiger partial charge in [0.25, 0.3) is 5.19 Å². The molecule has 3 aromatic rings. The Morgan fingerprint density at radius 1 is 0.852 bits per heavy atom. The maximum absolute atomic E-state index is 6.04. The van der Waals surface area contributed by atoms with Crippen molar-refractivity contribution in [1.29, 1.82) is 0 Å². The van der Waals surface area contributed by atoms with Crippen LogP contribution < -0.4 is 4.74 Å². The predicted octanol–water partition coefficient (Wildman–Crippen LogP) is 5.73. The molecule has 1 fully saturated rings. The molecule has 0 amide bonds. The third-order valence-corrected chi connectivity index (χ3v) is 6.00. The number of thiazole rings is 1. The lowest BCUT2D eigenvalue weighted by Crippen LogP contribution is -2.31. The Labute approximate surface area is 165 Å². The number of benzene rings is 2. The highest BCUT2D eigenvalue weighted by molar-refractivity contribution is 7.17. The van der Waals surface area contributed by atoms with Crippen LogP contribution in [0.25, 0.3) is 21.7 Å². The summed E-state index contributed by atoms with van der Waals surface area (Å²) in [7, 11) is 0. The molecule has 1 aromatic heterocycles. The number of hydrogen-bond acceptors (Lipinski definition) is 4. The molecule has 4 rings (SSSR count). The van der Waals surface area contributed by atoms with E-state index in [4.69, 9.17) is 9.72 Å². The molecule has 0 radical (unpaired) electrons. The molecule has 0 bridgehead atoms. The fraction of sp³-hybridized carbons (Fsp3) is 0.348. The predicted molar refractivity (Wildman–Crippen MR) is 113 cm³/mol. The van der Waals surface area contributed by atoms with Gasteiger partial charge in [-0.05, 0) is 37.9 Å². The SMILES string of the molecule is c1ccc(-c2nc(OCCCN3CCCCC3)sc2-c2ccccc2)cc1. The average molecular weight is 379 g/mol. The molecule has 140 valence electrons. The molecule has 3 nitrogen and oxygen atoms in total. The van der Waals surface area contributed by atoms with Crippen molar-refractivity contribution in [2.75, 3.05) is 26.2 Å². The zero-order valence-electron chi connectivity index (χ0n) is 15.6. The van der Waals surface area contributed by atoms with Gasteiger partial charge >= 0.3 is 0 Å². The Hall–Kier alpha value is -2.17. The fourth-order valence-corrected chi connectivity index (χ4v) is 4.54. The van der Waals surface area contributed by atoms with Gasteiger partial charge in [-0.25, -0.2) is 4.98 Å². The van der Waals surface area contributed by atoms with Crippen LogP contribution in [0.3, 0.4) is 0 Å². The van der Waals surface area contributed by atoms with Crippen LogP contribution in [0.15, 0.2) is 60.7 Å². The summed E-state index contributed by atoms with van der Waals surface area (Å²) in [6.07, 6.45) is 5.12. The summed E-state index contributed by atoms with van der Waals surface area (Å²) < 4.78 is 6.04. The van der Waals surface area contributed by atoms with Gasteiger partial charge in [0.05, 0.1) is 17.2 Å². The van der Waals surface area contributed by atoms with Crippen molar-refractivity contribution >= 4 is 11.3 Å². The summed E-state index contributed by atoms with van der Waals surface area (Å²) in [5.74, 6) is 0. The summed E-state index contributed by atoms with van der Waals surface area (Å²) in [4.78, 5) is 8.55. The normalized spacial score (nSPS) is 15.0. The molecular formula is C23H26N2OS. The van der Waals surface area contributed by atoms with E-state index < -0.39 is 0 Å². The lowest BCUT2D eigenvalue weighted by molar-refractivity contribution is 0.205. The van der Waals surface area contributed by atoms with Gasteiger partial charge < -0.3 is 9.64 Å². The van der Waals surface area contributed by atoms with E-state index in [1.54, 1.807) is 11.3 Å². The first kappa shape index (κ1) is 18.2. The van der Waals surface area contributed by atoms with Crippen LogP contribution in [-0.4, -0.2) is 36.1 Å². The zero-order chi connectivity index (χ0) is 18.3. The van der Waals surface area contributed by atoms with E-state index in [0.29, 0.717) is 0 Å². The van der Waals surface area contributed by atoms with Crippen LogP contribution in [0.1, 0.15) is 25.7 Å². The minimum absolute atomic E-state index is 0.729. The monoisotopic (exact) mass is 378 g/mol. The van der Waals surface area contributed by atoms with Crippen LogP contribution in [0.2, 0.25) is 0 Å². The topological polar surface area (TPSA) is 25.4 Å². The number of aromatic nitrogens is 1. The van der Waals surface area contributed by atoms with Crippen molar-refractivity contribution in [3.8, 4) is 26.9 Å². The number of nitrogens with zero attached hydrogens (tertiary/aromatic N) is 2. The second kappa shape index (κ2) is 9.16. The Morgan fingerprint density at radius 2 is 1.52 bits per heavy atom. The number of rotatable bonds is 7. The molecule has 0 saturated carbocycles. The highest BCUT2D eigenvalue weighted by atomic mass is 32.1. The minimum Gasteiger partial charge on any atom is -0.470 e. The molecule has 2 heterocycles. The highest BCUT2D eigenvalue weighted by Crippen LogP contribution is 2.39. The molecule has 1 aliphatic heterocycles. The van der Waals surface area contributed by atoms with E-state index in [0.717, 1.165) is 36.0 Å². The van der Waals surface area contributed by atoms with Gasteiger partial charge in [-0.15, -0.1) is 0 Å². The van der Waals surface area contributed by atoms with Crippen molar-refractivity contribution < 1.29 is 4.74 Å². The molecule has 0 N–H and O–H groups in total. The van der Waals surface area contributed by atoms with Gasteiger partial charge in [0.2, 0.25) is 0 Å². The molecule has 2 aromatic carbocycles. The lowest BCUT2D eigenvalue weighted by atomic mass is 10.1. The van der Waals surface area contributed by atoms with Gasteiger partial charge in [-0.3, -0.25) is 0 Å². The van der Waals surface area contributed by atoms with Crippen molar-refractivity contribution in [1.82, 2.24) is 9.88 Å². The van der Waals surface area contributed by atoms with Crippen LogP contribution in [-0.2, 0) is 0 Å². The molecule has 27 heavy (non-hydrogen) atoms. The van der Waals surface area contributed by atoms with Crippen molar-refractivity contribution in [3.05, 3.63) is 60.7 Å². The van der Waals surface area contributed by atoms with E-state index in [2.05, 4.69) is 53.4 Å².